The van der Waals surface area contributed by atoms with E-state index in [-0.39, 0.29) is 5.15 Å². The van der Waals surface area contributed by atoms with Crippen LogP contribution in [0.3, 0.4) is 0 Å². The SMILES string of the molecule is CC(C)(C)OC(=O)[C@@H](N)c1cc(Cl)ncn1. The molecule has 1 heterocycles. The maximum atomic E-state index is 11.6. The van der Waals surface area contributed by atoms with Crippen LogP contribution in [-0.4, -0.2) is 21.5 Å². The van der Waals surface area contributed by atoms with Crippen molar-refractivity contribution < 1.29 is 9.53 Å². The first-order valence-electron chi connectivity index (χ1n) is 4.75. The molecule has 2 N–H and O–H groups in total. The quantitative estimate of drug-likeness (QED) is 0.629. The Bertz CT molecular complexity index is 390. The van der Waals surface area contributed by atoms with Crippen LogP contribution in [-0.2, 0) is 9.53 Å². The average molecular weight is 244 g/mol. The first kappa shape index (κ1) is 12.9. The number of esters is 1. The van der Waals surface area contributed by atoms with Crippen LogP contribution in [0, 0.1) is 0 Å². The van der Waals surface area contributed by atoms with E-state index >= 15 is 0 Å². The highest BCUT2D eigenvalue weighted by Gasteiger charge is 2.24. The van der Waals surface area contributed by atoms with E-state index in [1.54, 1.807) is 20.8 Å². The Morgan fingerprint density at radius 3 is 2.62 bits per heavy atom. The van der Waals surface area contributed by atoms with Crippen LogP contribution in [0.2, 0.25) is 5.15 Å². The normalized spacial score (nSPS) is 13.3. The van der Waals surface area contributed by atoms with E-state index in [1.807, 2.05) is 0 Å². The summed E-state index contributed by atoms with van der Waals surface area (Å²) < 4.78 is 5.13. The van der Waals surface area contributed by atoms with Crippen molar-refractivity contribution >= 4 is 17.6 Å². The van der Waals surface area contributed by atoms with Gasteiger partial charge in [0, 0.05) is 0 Å². The lowest BCUT2D eigenvalue weighted by Gasteiger charge is -2.21. The lowest BCUT2D eigenvalue weighted by atomic mass is 10.1. The van der Waals surface area contributed by atoms with Crippen molar-refractivity contribution in [3.63, 3.8) is 0 Å². The lowest BCUT2D eigenvalue weighted by Crippen LogP contribution is -2.32. The fraction of sp³-hybridized carbons (Fsp3) is 0.500. The van der Waals surface area contributed by atoms with Gasteiger partial charge in [-0.3, -0.25) is 0 Å². The van der Waals surface area contributed by atoms with Crippen LogP contribution in [0.5, 0.6) is 0 Å². The van der Waals surface area contributed by atoms with Crippen molar-refractivity contribution in [1.29, 1.82) is 0 Å². The lowest BCUT2D eigenvalue weighted by molar-refractivity contribution is -0.156. The van der Waals surface area contributed by atoms with E-state index in [2.05, 4.69) is 9.97 Å². The summed E-state index contributed by atoms with van der Waals surface area (Å²) in [6, 6.07) is 0.496. The van der Waals surface area contributed by atoms with Gasteiger partial charge in [0.15, 0.2) is 0 Å². The van der Waals surface area contributed by atoms with Gasteiger partial charge in [0.05, 0.1) is 5.69 Å². The molecule has 1 aromatic heterocycles. The number of carbonyl (C=O) groups is 1. The summed E-state index contributed by atoms with van der Waals surface area (Å²) in [5.41, 5.74) is 5.46. The summed E-state index contributed by atoms with van der Waals surface area (Å²) in [4.78, 5) is 19.2. The van der Waals surface area contributed by atoms with Gasteiger partial charge in [-0.25, -0.2) is 14.8 Å². The molecule has 0 saturated carbocycles. The van der Waals surface area contributed by atoms with Gasteiger partial charge in [-0.05, 0) is 26.8 Å². The van der Waals surface area contributed by atoms with E-state index < -0.39 is 17.6 Å². The van der Waals surface area contributed by atoms with Crippen molar-refractivity contribution in [3.8, 4) is 0 Å². The largest absolute Gasteiger partial charge is 0.459 e. The second-order valence-corrected chi connectivity index (χ2v) is 4.66. The molecule has 0 radical (unpaired) electrons. The molecule has 1 rings (SSSR count). The minimum Gasteiger partial charge on any atom is -0.459 e. The Morgan fingerprint density at radius 2 is 2.12 bits per heavy atom. The van der Waals surface area contributed by atoms with Gasteiger partial charge in [0.1, 0.15) is 23.1 Å². The van der Waals surface area contributed by atoms with Gasteiger partial charge in [-0.15, -0.1) is 0 Å². The van der Waals surface area contributed by atoms with Crippen molar-refractivity contribution in [1.82, 2.24) is 9.97 Å². The second kappa shape index (κ2) is 4.76. The monoisotopic (exact) mass is 243 g/mol. The Morgan fingerprint density at radius 1 is 1.50 bits per heavy atom. The number of nitrogens with zero attached hydrogens (tertiary/aromatic N) is 2. The number of aromatic nitrogens is 2. The van der Waals surface area contributed by atoms with E-state index in [9.17, 15) is 4.79 Å². The molecule has 0 aliphatic carbocycles. The highest BCUT2D eigenvalue weighted by molar-refractivity contribution is 6.29. The average Bonchev–Trinajstić information content (AvgIpc) is 2.14. The molecule has 0 spiro atoms. The van der Waals surface area contributed by atoms with Crippen molar-refractivity contribution in [2.75, 3.05) is 0 Å². The van der Waals surface area contributed by atoms with Gasteiger partial charge in [0.2, 0.25) is 0 Å². The minimum absolute atomic E-state index is 0.240. The molecule has 0 amide bonds. The molecule has 88 valence electrons. The summed E-state index contributed by atoms with van der Waals surface area (Å²) in [7, 11) is 0. The van der Waals surface area contributed by atoms with Crippen LogP contribution >= 0.6 is 11.6 Å². The molecular weight excluding hydrogens is 230 g/mol. The van der Waals surface area contributed by atoms with Crippen molar-refractivity contribution in [2.45, 2.75) is 32.4 Å². The molecule has 1 aromatic rings. The van der Waals surface area contributed by atoms with Gasteiger partial charge in [-0.1, -0.05) is 11.6 Å². The summed E-state index contributed by atoms with van der Waals surface area (Å²) in [5, 5.41) is 0.240. The Kier molecular flexibility index (Phi) is 3.83. The summed E-state index contributed by atoms with van der Waals surface area (Å²) >= 11 is 5.67. The van der Waals surface area contributed by atoms with Crippen LogP contribution in [0.1, 0.15) is 32.5 Å². The Balaban J connectivity index is 2.78. The molecule has 0 aliphatic heterocycles. The molecule has 0 fully saturated rings. The summed E-state index contributed by atoms with van der Waals surface area (Å²) in [6.45, 7) is 5.31. The van der Waals surface area contributed by atoms with E-state index in [0.29, 0.717) is 5.69 Å². The van der Waals surface area contributed by atoms with Crippen molar-refractivity contribution in [2.24, 2.45) is 5.73 Å². The fourth-order valence-electron chi connectivity index (χ4n) is 1.00. The zero-order valence-electron chi connectivity index (χ0n) is 9.40. The molecule has 1 atom stereocenters. The van der Waals surface area contributed by atoms with Crippen LogP contribution in [0.4, 0.5) is 0 Å². The number of carbonyl (C=O) groups excluding carboxylic acids is 1. The molecular formula is C10H14ClN3O2. The maximum absolute atomic E-state index is 11.6. The molecule has 5 nitrogen and oxygen atoms in total. The Labute approximate surface area is 99.0 Å². The molecule has 16 heavy (non-hydrogen) atoms. The number of halogens is 1. The zero-order chi connectivity index (χ0) is 12.3. The van der Waals surface area contributed by atoms with Crippen LogP contribution in [0.25, 0.3) is 0 Å². The Hall–Kier alpha value is -1.20. The van der Waals surface area contributed by atoms with E-state index in [1.165, 1.54) is 12.4 Å². The standard InChI is InChI=1S/C10H14ClN3O2/c1-10(2,3)16-9(15)8(12)6-4-7(11)14-5-13-6/h4-5,8H,12H2,1-3H3/t8-/m0/s1. The molecule has 0 aliphatic rings. The number of nitrogens with two attached hydrogens (primary N) is 1. The zero-order valence-corrected chi connectivity index (χ0v) is 10.2. The third-order valence-electron chi connectivity index (χ3n) is 1.63. The number of hydrogen-bond acceptors (Lipinski definition) is 5. The van der Waals surface area contributed by atoms with Crippen molar-refractivity contribution in [3.05, 3.63) is 23.2 Å². The smallest absolute Gasteiger partial charge is 0.329 e. The predicted octanol–water partition coefficient (Wildman–Crippen LogP) is 1.47. The van der Waals surface area contributed by atoms with Gasteiger partial charge < -0.3 is 10.5 Å². The molecule has 0 saturated heterocycles. The molecule has 0 unspecified atom stereocenters. The third-order valence-corrected chi connectivity index (χ3v) is 1.84. The second-order valence-electron chi connectivity index (χ2n) is 4.28. The van der Waals surface area contributed by atoms with E-state index in [0.717, 1.165) is 0 Å². The first-order valence-corrected chi connectivity index (χ1v) is 5.13. The van der Waals surface area contributed by atoms with Crippen LogP contribution in [0.15, 0.2) is 12.4 Å². The van der Waals surface area contributed by atoms with Gasteiger partial charge in [-0.2, -0.15) is 0 Å². The molecule has 0 bridgehead atoms. The number of ether oxygens (including phenoxy) is 1. The minimum atomic E-state index is -0.945. The highest BCUT2D eigenvalue weighted by Crippen LogP contribution is 2.16. The summed E-state index contributed by atoms with van der Waals surface area (Å²) in [5.74, 6) is -0.540. The molecule has 6 heteroatoms. The van der Waals surface area contributed by atoms with Crippen LogP contribution < -0.4 is 5.73 Å². The highest BCUT2D eigenvalue weighted by atomic mass is 35.5. The van der Waals surface area contributed by atoms with Gasteiger partial charge in [0.25, 0.3) is 0 Å². The third kappa shape index (κ3) is 3.75. The van der Waals surface area contributed by atoms with Gasteiger partial charge >= 0.3 is 5.97 Å². The number of rotatable bonds is 2. The number of hydrogen-bond donors (Lipinski definition) is 1. The fourth-order valence-corrected chi connectivity index (χ4v) is 1.16. The first-order chi connectivity index (χ1) is 7.29. The molecule has 0 aromatic carbocycles. The van der Waals surface area contributed by atoms with E-state index in [4.69, 9.17) is 22.1 Å². The summed E-state index contributed by atoms with van der Waals surface area (Å²) in [6.07, 6.45) is 1.25. The predicted molar refractivity (Wildman–Crippen MR) is 59.8 cm³/mol. The topological polar surface area (TPSA) is 78.1 Å². The maximum Gasteiger partial charge on any atom is 0.329 e.